The van der Waals surface area contributed by atoms with E-state index in [0.717, 1.165) is 29.5 Å². The Bertz CT molecular complexity index is 997. The van der Waals surface area contributed by atoms with Crippen LogP contribution in [-0.4, -0.2) is 43.2 Å². The van der Waals surface area contributed by atoms with Crippen molar-refractivity contribution >= 4 is 29.3 Å². The second kappa shape index (κ2) is 9.09. The Hall–Kier alpha value is -2.88. The molecule has 0 saturated carbocycles. The van der Waals surface area contributed by atoms with Crippen molar-refractivity contribution in [1.29, 1.82) is 0 Å². The van der Waals surface area contributed by atoms with E-state index in [-0.39, 0.29) is 18.0 Å². The Labute approximate surface area is 181 Å². The molecule has 1 N–H and O–H groups in total. The number of rotatable bonds is 6. The third-order valence-corrected chi connectivity index (χ3v) is 6.06. The number of nitrogens with zero attached hydrogens (tertiary/aromatic N) is 1. The van der Waals surface area contributed by atoms with Gasteiger partial charge >= 0.3 is 6.18 Å². The molecular weight excluding hydrogens is 433 g/mol. The van der Waals surface area contributed by atoms with Crippen LogP contribution >= 0.6 is 11.8 Å². The number of benzene rings is 2. The van der Waals surface area contributed by atoms with E-state index in [1.165, 1.54) is 25.2 Å². The number of carbonyl (C=O) groups is 2. The Morgan fingerprint density at radius 1 is 1.13 bits per heavy atom. The average molecular weight is 454 g/mol. The normalized spacial score (nSPS) is 15.7. The summed E-state index contributed by atoms with van der Waals surface area (Å²) < 4.78 is 49.1. The van der Waals surface area contributed by atoms with Gasteiger partial charge in [0.05, 0.1) is 30.7 Å². The topological polar surface area (TPSA) is 67.9 Å². The molecule has 0 bridgehead atoms. The van der Waals surface area contributed by atoms with E-state index in [2.05, 4.69) is 5.32 Å². The number of hydrogen-bond acceptors (Lipinski definition) is 5. The molecule has 3 rings (SSSR count). The molecule has 0 radical (unpaired) electrons. The van der Waals surface area contributed by atoms with Crippen molar-refractivity contribution in [1.82, 2.24) is 4.90 Å². The molecule has 1 atom stereocenters. The summed E-state index contributed by atoms with van der Waals surface area (Å²) in [6.45, 7) is 0.295. The third kappa shape index (κ3) is 5.25. The van der Waals surface area contributed by atoms with Gasteiger partial charge in [-0.15, -0.1) is 11.8 Å². The van der Waals surface area contributed by atoms with Gasteiger partial charge in [0.2, 0.25) is 11.8 Å². The quantitative estimate of drug-likeness (QED) is 0.709. The first-order chi connectivity index (χ1) is 14.6. The highest BCUT2D eigenvalue weighted by atomic mass is 32.2. The van der Waals surface area contributed by atoms with Crippen LogP contribution in [0.2, 0.25) is 0 Å². The van der Waals surface area contributed by atoms with Crippen LogP contribution in [0.15, 0.2) is 41.3 Å². The van der Waals surface area contributed by atoms with Gasteiger partial charge in [0, 0.05) is 24.9 Å². The summed E-state index contributed by atoms with van der Waals surface area (Å²) in [5.41, 5.74) is 0.0859. The summed E-state index contributed by atoms with van der Waals surface area (Å²) in [7, 11) is 4.67. The fraction of sp³-hybridized carbons (Fsp3) is 0.333. The summed E-state index contributed by atoms with van der Waals surface area (Å²) in [4.78, 5) is 27.0. The van der Waals surface area contributed by atoms with Crippen LogP contribution in [0.1, 0.15) is 17.5 Å². The second-order valence-corrected chi connectivity index (χ2v) is 8.19. The summed E-state index contributed by atoms with van der Waals surface area (Å²) in [5.74, 6) is 0.350. The zero-order chi connectivity index (χ0) is 22.8. The molecular formula is C21H21F3N2O4S. The molecule has 166 valence electrons. The molecule has 1 aliphatic heterocycles. The molecule has 2 aromatic rings. The monoisotopic (exact) mass is 454 g/mol. The minimum Gasteiger partial charge on any atom is -0.493 e. The number of hydrogen-bond donors (Lipinski definition) is 1. The highest BCUT2D eigenvalue weighted by molar-refractivity contribution is 8.01. The molecule has 2 aromatic carbocycles. The first kappa shape index (κ1) is 22.8. The summed E-state index contributed by atoms with van der Waals surface area (Å²) in [5, 5.41) is 1.75. The number of ether oxygens (including phenoxy) is 2. The SMILES string of the molecule is COc1ccc(CN(C)C(=O)C[C@@H]2Sc3ccc(C(F)(F)F)cc3NC2=O)cc1OC. The van der Waals surface area contributed by atoms with Crippen molar-refractivity contribution in [3.05, 3.63) is 47.5 Å². The molecule has 0 saturated heterocycles. The highest BCUT2D eigenvalue weighted by Crippen LogP contribution is 2.40. The van der Waals surface area contributed by atoms with Crippen molar-refractivity contribution in [2.75, 3.05) is 26.6 Å². The van der Waals surface area contributed by atoms with Gasteiger partial charge < -0.3 is 19.7 Å². The lowest BCUT2D eigenvalue weighted by molar-refractivity contribution is -0.137. The molecule has 1 heterocycles. The molecule has 31 heavy (non-hydrogen) atoms. The molecule has 0 spiro atoms. The van der Waals surface area contributed by atoms with Crippen LogP contribution in [0.3, 0.4) is 0 Å². The number of thioether (sulfide) groups is 1. The van der Waals surface area contributed by atoms with Crippen molar-refractivity contribution in [3.8, 4) is 11.5 Å². The van der Waals surface area contributed by atoms with Gasteiger partial charge in [-0.1, -0.05) is 6.07 Å². The molecule has 0 aromatic heterocycles. The average Bonchev–Trinajstić information content (AvgIpc) is 2.73. The van der Waals surface area contributed by atoms with E-state index >= 15 is 0 Å². The van der Waals surface area contributed by atoms with Gasteiger partial charge in [-0.3, -0.25) is 9.59 Å². The number of alkyl halides is 3. The van der Waals surface area contributed by atoms with E-state index in [1.807, 2.05) is 6.07 Å². The van der Waals surface area contributed by atoms with Crippen LogP contribution in [0.4, 0.5) is 18.9 Å². The smallest absolute Gasteiger partial charge is 0.416 e. The first-order valence-electron chi connectivity index (χ1n) is 9.26. The standard InChI is InChI=1S/C21H21F3N2O4S/c1-26(11-12-4-6-15(29-2)16(8-12)30-3)19(27)10-18-20(28)25-14-9-13(21(22,23)24)5-7-17(14)31-18/h4-9,18H,10-11H2,1-3H3,(H,25,28)/t18-/m0/s1. The third-order valence-electron chi connectivity index (χ3n) is 4.78. The lowest BCUT2D eigenvalue weighted by Crippen LogP contribution is -2.35. The fourth-order valence-electron chi connectivity index (χ4n) is 3.12. The first-order valence-corrected chi connectivity index (χ1v) is 10.1. The highest BCUT2D eigenvalue weighted by Gasteiger charge is 2.34. The number of anilines is 1. The van der Waals surface area contributed by atoms with E-state index in [9.17, 15) is 22.8 Å². The van der Waals surface area contributed by atoms with Crippen molar-refractivity contribution in [2.24, 2.45) is 0 Å². The van der Waals surface area contributed by atoms with Crippen molar-refractivity contribution in [3.63, 3.8) is 0 Å². The van der Waals surface area contributed by atoms with Gasteiger partial charge in [-0.05, 0) is 35.9 Å². The maximum Gasteiger partial charge on any atom is 0.416 e. The number of fused-ring (bicyclic) bond motifs is 1. The minimum absolute atomic E-state index is 0.0826. The summed E-state index contributed by atoms with van der Waals surface area (Å²) in [6, 6.07) is 8.49. The molecule has 0 aliphatic carbocycles. The van der Waals surface area contributed by atoms with Gasteiger partial charge in [0.1, 0.15) is 0 Å². The number of amides is 2. The summed E-state index contributed by atoms with van der Waals surface area (Å²) in [6.07, 6.45) is -4.58. The van der Waals surface area contributed by atoms with E-state index in [0.29, 0.717) is 22.9 Å². The maximum absolute atomic E-state index is 12.9. The Morgan fingerprint density at radius 3 is 2.48 bits per heavy atom. The largest absolute Gasteiger partial charge is 0.493 e. The van der Waals surface area contributed by atoms with Gasteiger partial charge in [0.25, 0.3) is 0 Å². The van der Waals surface area contributed by atoms with E-state index in [1.54, 1.807) is 19.2 Å². The van der Waals surface area contributed by atoms with Crippen molar-refractivity contribution in [2.45, 2.75) is 29.3 Å². The summed E-state index contributed by atoms with van der Waals surface area (Å²) >= 11 is 1.08. The minimum atomic E-state index is -4.50. The Kier molecular flexibility index (Phi) is 6.68. The maximum atomic E-state index is 12.9. The molecule has 0 fully saturated rings. The van der Waals surface area contributed by atoms with Crippen LogP contribution < -0.4 is 14.8 Å². The van der Waals surface area contributed by atoms with Crippen LogP contribution in [-0.2, 0) is 22.3 Å². The number of carbonyl (C=O) groups excluding carboxylic acids is 2. The van der Waals surface area contributed by atoms with Crippen LogP contribution in [0.5, 0.6) is 11.5 Å². The van der Waals surface area contributed by atoms with E-state index < -0.39 is 22.9 Å². The molecule has 1 aliphatic rings. The van der Waals surface area contributed by atoms with Gasteiger partial charge in [-0.2, -0.15) is 13.2 Å². The van der Waals surface area contributed by atoms with Crippen LogP contribution in [0.25, 0.3) is 0 Å². The lowest BCUT2D eigenvalue weighted by atomic mass is 10.1. The van der Waals surface area contributed by atoms with E-state index in [4.69, 9.17) is 9.47 Å². The number of methoxy groups -OCH3 is 2. The number of halogens is 3. The van der Waals surface area contributed by atoms with Crippen molar-refractivity contribution < 1.29 is 32.2 Å². The zero-order valence-electron chi connectivity index (χ0n) is 17.1. The predicted molar refractivity (Wildman–Crippen MR) is 110 cm³/mol. The Balaban J connectivity index is 1.66. The molecule has 2 amide bonds. The zero-order valence-corrected chi connectivity index (χ0v) is 17.9. The molecule has 0 unspecified atom stereocenters. The lowest BCUT2D eigenvalue weighted by Gasteiger charge is -2.26. The van der Waals surface area contributed by atoms with Gasteiger partial charge in [-0.25, -0.2) is 0 Å². The molecule has 6 nitrogen and oxygen atoms in total. The second-order valence-electron chi connectivity index (χ2n) is 6.95. The Morgan fingerprint density at radius 2 is 1.84 bits per heavy atom. The van der Waals surface area contributed by atoms with Crippen LogP contribution in [0, 0.1) is 0 Å². The predicted octanol–water partition coefficient (Wildman–Crippen LogP) is 4.18. The van der Waals surface area contributed by atoms with Gasteiger partial charge in [0.15, 0.2) is 11.5 Å². The molecule has 10 heteroatoms. The number of nitrogens with one attached hydrogen (secondary N) is 1. The fourth-order valence-corrected chi connectivity index (χ4v) is 4.20.